The normalized spacial score (nSPS) is 15.2. The first kappa shape index (κ1) is 10.2. The summed E-state index contributed by atoms with van der Waals surface area (Å²) in [5, 5.41) is 3.21. The van der Waals surface area contributed by atoms with Crippen molar-refractivity contribution in [2.45, 2.75) is 19.9 Å². The third kappa shape index (κ3) is 1.90. The van der Waals surface area contributed by atoms with Crippen molar-refractivity contribution in [3.63, 3.8) is 0 Å². The van der Waals surface area contributed by atoms with Gasteiger partial charge < -0.3 is 10.2 Å². The zero-order valence-corrected chi connectivity index (χ0v) is 9.38. The molecule has 1 aliphatic heterocycles. The molecule has 0 fully saturated rings. The van der Waals surface area contributed by atoms with E-state index in [4.69, 9.17) is 11.6 Å². The van der Waals surface area contributed by atoms with Gasteiger partial charge in [-0.1, -0.05) is 11.6 Å². The SMILES string of the molecule is CC(C)N1CC(=O)Nc2ccc(Cl)nc21. The van der Waals surface area contributed by atoms with Gasteiger partial charge in [0.15, 0.2) is 5.82 Å². The second-order valence-corrected chi connectivity index (χ2v) is 4.16. The molecule has 1 aliphatic rings. The maximum atomic E-state index is 11.4. The molecular formula is C10H12ClN3O. The highest BCUT2D eigenvalue weighted by atomic mass is 35.5. The number of pyridine rings is 1. The second-order valence-electron chi connectivity index (χ2n) is 3.77. The molecule has 0 radical (unpaired) electrons. The summed E-state index contributed by atoms with van der Waals surface area (Å²) in [5.74, 6) is 0.734. The van der Waals surface area contributed by atoms with Crippen LogP contribution in [0, 0.1) is 0 Å². The van der Waals surface area contributed by atoms with Crippen LogP contribution in [0.25, 0.3) is 0 Å². The number of carbonyl (C=O) groups is 1. The Morgan fingerprint density at radius 2 is 2.27 bits per heavy atom. The smallest absolute Gasteiger partial charge is 0.244 e. The lowest BCUT2D eigenvalue weighted by Crippen LogP contribution is -2.42. The fraction of sp³-hybridized carbons (Fsp3) is 0.400. The number of nitrogens with zero attached hydrogens (tertiary/aromatic N) is 2. The van der Waals surface area contributed by atoms with E-state index in [0.717, 1.165) is 11.5 Å². The summed E-state index contributed by atoms with van der Waals surface area (Å²) in [5.41, 5.74) is 0.726. The third-order valence-corrected chi connectivity index (χ3v) is 2.54. The maximum absolute atomic E-state index is 11.4. The Morgan fingerprint density at radius 3 is 2.93 bits per heavy atom. The lowest BCUT2D eigenvalue weighted by Gasteiger charge is -2.32. The molecule has 0 aromatic carbocycles. The van der Waals surface area contributed by atoms with Gasteiger partial charge in [-0.05, 0) is 26.0 Å². The van der Waals surface area contributed by atoms with E-state index < -0.39 is 0 Å². The Hall–Kier alpha value is -1.29. The fourth-order valence-corrected chi connectivity index (χ4v) is 1.73. The van der Waals surface area contributed by atoms with Gasteiger partial charge in [0.05, 0.1) is 12.2 Å². The van der Waals surface area contributed by atoms with Crippen LogP contribution in [0.15, 0.2) is 12.1 Å². The van der Waals surface area contributed by atoms with Gasteiger partial charge in [0, 0.05) is 6.04 Å². The molecule has 0 saturated carbocycles. The van der Waals surface area contributed by atoms with Crippen molar-refractivity contribution in [3.8, 4) is 0 Å². The minimum Gasteiger partial charge on any atom is -0.343 e. The van der Waals surface area contributed by atoms with Crippen LogP contribution in [0.1, 0.15) is 13.8 Å². The molecule has 1 aromatic rings. The number of rotatable bonds is 1. The van der Waals surface area contributed by atoms with Crippen molar-refractivity contribution in [3.05, 3.63) is 17.3 Å². The van der Waals surface area contributed by atoms with Crippen molar-refractivity contribution in [2.75, 3.05) is 16.8 Å². The standard InChI is InChI=1S/C10H12ClN3O/c1-6(2)14-5-9(15)12-7-3-4-8(11)13-10(7)14/h3-4,6H,5H2,1-2H3,(H,12,15). The van der Waals surface area contributed by atoms with Gasteiger partial charge in [-0.25, -0.2) is 4.98 Å². The summed E-state index contributed by atoms with van der Waals surface area (Å²) in [7, 11) is 0. The van der Waals surface area contributed by atoms with Crippen molar-refractivity contribution < 1.29 is 4.79 Å². The summed E-state index contributed by atoms with van der Waals surface area (Å²) in [6.45, 7) is 4.37. The Bertz CT molecular complexity index is 406. The summed E-state index contributed by atoms with van der Waals surface area (Å²) in [6.07, 6.45) is 0. The molecule has 15 heavy (non-hydrogen) atoms. The number of aromatic nitrogens is 1. The third-order valence-electron chi connectivity index (χ3n) is 2.32. The minimum absolute atomic E-state index is 0.0136. The number of hydrogen-bond donors (Lipinski definition) is 1. The predicted molar refractivity (Wildman–Crippen MR) is 60.4 cm³/mol. The van der Waals surface area contributed by atoms with Gasteiger partial charge in [-0.3, -0.25) is 4.79 Å². The average Bonchev–Trinajstić information content (AvgIpc) is 2.17. The maximum Gasteiger partial charge on any atom is 0.244 e. The van der Waals surface area contributed by atoms with Crippen LogP contribution in [0.4, 0.5) is 11.5 Å². The molecule has 2 heterocycles. The lowest BCUT2D eigenvalue weighted by molar-refractivity contribution is -0.115. The van der Waals surface area contributed by atoms with Gasteiger partial charge in [0.2, 0.25) is 5.91 Å². The molecule has 1 aromatic heterocycles. The number of halogens is 1. The zero-order chi connectivity index (χ0) is 11.0. The van der Waals surface area contributed by atoms with Gasteiger partial charge in [-0.15, -0.1) is 0 Å². The zero-order valence-electron chi connectivity index (χ0n) is 8.62. The Kier molecular flexibility index (Phi) is 2.52. The molecule has 2 rings (SSSR count). The van der Waals surface area contributed by atoms with E-state index in [9.17, 15) is 4.79 Å². The van der Waals surface area contributed by atoms with Crippen molar-refractivity contribution >= 4 is 29.0 Å². The molecule has 4 nitrogen and oxygen atoms in total. The van der Waals surface area contributed by atoms with Gasteiger partial charge >= 0.3 is 0 Å². The van der Waals surface area contributed by atoms with E-state index in [-0.39, 0.29) is 11.9 Å². The minimum atomic E-state index is -0.0136. The molecule has 0 spiro atoms. The molecule has 1 N–H and O–H groups in total. The van der Waals surface area contributed by atoms with Gasteiger partial charge in [0.1, 0.15) is 5.15 Å². The predicted octanol–water partition coefficient (Wildman–Crippen LogP) is 1.90. The summed E-state index contributed by atoms with van der Waals surface area (Å²) < 4.78 is 0. The van der Waals surface area contributed by atoms with E-state index in [2.05, 4.69) is 10.3 Å². The molecule has 0 aliphatic carbocycles. The van der Waals surface area contributed by atoms with Crippen LogP contribution < -0.4 is 10.2 Å². The van der Waals surface area contributed by atoms with Crippen molar-refractivity contribution in [2.24, 2.45) is 0 Å². The average molecular weight is 226 g/mol. The molecular weight excluding hydrogens is 214 g/mol. The van der Waals surface area contributed by atoms with Gasteiger partial charge in [-0.2, -0.15) is 0 Å². The Labute approximate surface area is 93.2 Å². The number of hydrogen-bond acceptors (Lipinski definition) is 3. The van der Waals surface area contributed by atoms with Crippen LogP contribution in [0.5, 0.6) is 0 Å². The number of fused-ring (bicyclic) bond motifs is 1. The molecule has 80 valence electrons. The van der Waals surface area contributed by atoms with Crippen LogP contribution in [-0.2, 0) is 4.79 Å². The first-order valence-electron chi connectivity index (χ1n) is 4.81. The number of nitrogens with one attached hydrogen (secondary N) is 1. The molecule has 0 saturated heterocycles. The van der Waals surface area contributed by atoms with E-state index in [1.165, 1.54) is 0 Å². The number of anilines is 2. The molecule has 0 atom stereocenters. The quantitative estimate of drug-likeness (QED) is 0.743. The van der Waals surface area contributed by atoms with Crippen LogP contribution in [0.2, 0.25) is 5.15 Å². The lowest BCUT2D eigenvalue weighted by atomic mass is 10.2. The monoisotopic (exact) mass is 225 g/mol. The van der Waals surface area contributed by atoms with E-state index in [1.54, 1.807) is 12.1 Å². The molecule has 5 heteroatoms. The summed E-state index contributed by atoms with van der Waals surface area (Å²) >= 11 is 5.83. The first-order valence-corrected chi connectivity index (χ1v) is 5.19. The Morgan fingerprint density at radius 1 is 1.53 bits per heavy atom. The second kappa shape index (κ2) is 3.70. The first-order chi connectivity index (χ1) is 7.08. The topological polar surface area (TPSA) is 45.2 Å². The highest BCUT2D eigenvalue weighted by Crippen LogP contribution is 2.29. The van der Waals surface area contributed by atoms with Crippen LogP contribution in [-0.4, -0.2) is 23.5 Å². The molecule has 1 amide bonds. The van der Waals surface area contributed by atoms with Gasteiger partial charge in [0.25, 0.3) is 0 Å². The van der Waals surface area contributed by atoms with E-state index >= 15 is 0 Å². The van der Waals surface area contributed by atoms with Crippen LogP contribution in [0.3, 0.4) is 0 Å². The fourth-order valence-electron chi connectivity index (χ4n) is 1.59. The highest BCUT2D eigenvalue weighted by Gasteiger charge is 2.25. The van der Waals surface area contributed by atoms with Crippen LogP contribution >= 0.6 is 11.6 Å². The summed E-state index contributed by atoms with van der Waals surface area (Å²) in [6, 6.07) is 3.67. The highest BCUT2D eigenvalue weighted by molar-refractivity contribution is 6.29. The Balaban J connectivity index is 2.47. The van der Waals surface area contributed by atoms with Crippen molar-refractivity contribution in [1.82, 2.24) is 4.98 Å². The number of carbonyl (C=O) groups excluding carboxylic acids is 1. The summed E-state index contributed by atoms with van der Waals surface area (Å²) in [4.78, 5) is 17.6. The molecule has 0 unspecified atom stereocenters. The molecule has 0 bridgehead atoms. The largest absolute Gasteiger partial charge is 0.343 e. The van der Waals surface area contributed by atoms with E-state index in [1.807, 2.05) is 18.7 Å². The van der Waals surface area contributed by atoms with E-state index in [0.29, 0.717) is 11.7 Å². The van der Waals surface area contributed by atoms with Crippen molar-refractivity contribution in [1.29, 1.82) is 0 Å². The number of amides is 1.